The number of aryl methyl sites for hydroxylation is 1. The van der Waals surface area contributed by atoms with Gasteiger partial charge in [0, 0.05) is 21.7 Å². The molecule has 0 spiro atoms. The topological polar surface area (TPSA) is 26.0 Å². The van der Waals surface area contributed by atoms with E-state index in [0.29, 0.717) is 17.0 Å². The van der Waals surface area contributed by atoms with Gasteiger partial charge in [-0.15, -0.1) is 11.8 Å². The first kappa shape index (κ1) is 15.4. The molecule has 0 aliphatic rings. The standard InChI is InChI=1S/C16H17ClFNS/c1-11-4-2-3-5-16(11)20-10-14(19)9-12-8-13(17)6-7-15(12)18/h2-8,14H,9-10,19H2,1H3. The summed E-state index contributed by atoms with van der Waals surface area (Å²) in [6.07, 6.45) is 0.491. The molecule has 2 N–H and O–H groups in total. The van der Waals surface area contributed by atoms with E-state index in [1.165, 1.54) is 16.5 Å². The molecule has 0 bridgehead atoms. The molecule has 4 heteroatoms. The Morgan fingerprint density at radius 2 is 2.00 bits per heavy atom. The fourth-order valence-corrected chi connectivity index (χ4v) is 3.13. The number of rotatable bonds is 5. The third-order valence-electron chi connectivity index (χ3n) is 3.04. The Morgan fingerprint density at radius 3 is 2.75 bits per heavy atom. The number of thioether (sulfide) groups is 1. The molecule has 2 rings (SSSR count). The maximum absolute atomic E-state index is 13.6. The van der Waals surface area contributed by atoms with Crippen LogP contribution in [0.4, 0.5) is 4.39 Å². The number of benzene rings is 2. The number of halogens is 2. The molecule has 2 aromatic carbocycles. The molecule has 0 saturated carbocycles. The lowest BCUT2D eigenvalue weighted by molar-refractivity contribution is 0.597. The molecule has 0 heterocycles. The summed E-state index contributed by atoms with van der Waals surface area (Å²) in [6.45, 7) is 2.07. The van der Waals surface area contributed by atoms with Crippen LogP contribution in [0.1, 0.15) is 11.1 Å². The van der Waals surface area contributed by atoms with Gasteiger partial charge >= 0.3 is 0 Å². The fraction of sp³-hybridized carbons (Fsp3) is 0.250. The van der Waals surface area contributed by atoms with E-state index < -0.39 is 0 Å². The van der Waals surface area contributed by atoms with Crippen LogP contribution >= 0.6 is 23.4 Å². The maximum Gasteiger partial charge on any atom is 0.126 e. The van der Waals surface area contributed by atoms with Gasteiger partial charge < -0.3 is 5.73 Å². The highest BCUT2D eigenvalue weighted by molar-refractivity contribution is 7.99. The van der Waals surface area contributed by atoms with E-state index in [4.69, 9.17) is 17.3 Å². The van der Waals surface area contributed by atoms with Crippen molar-refractivity contribution >= 4 is 23.4 Å². The van der Waals surface area contributed by atoms with Crippen molar-refractivity contribution in [1.82, 2.24) is 0 Å². The van der Waals surface area contributed by atoms with Crippen molar-refractivity contribution in [2.45, 2.75) is 24.3 Å². The Balaban J connectivity index is 1.94. The molecule has 1 atom stereocenters. The highest BCUT2D eigenvalue weighted by Gasteiger charge is 2.10. The molecule has 1 unspecified atom stereocenters. The van der Waals surface area contributed by atoms with E-state index in [1.807, 2.05) is 12.1 Å². The van der Waals surface area contributed by atoms with Gasteiger partial charge in [0.2, 0.25) is 0 Å². The summed E-state index contributed by atoms with van der Waals surface area (Å²) in [5, 5.41) is 0.542. The van der Waals surface area contributed by atoms with Gasteiger partial charge in [-0.1, -0.05) is 29.8 Å². The van der Waals surface area contributed by atoms with E-state index in [1.54, 1.807) is 23.9 Å². The van der Waals surface area contributed by atoms with Crippen molar-refractivity contribution in [3.05, 3.63) is 64.4 Å². The lowest BCUT2D eigenvalue weighted by Gasteiger charge is -2.13. The number of nitrogens with two attached hydrogens (primary N) is 1. The zero-order chi connectivity index (χ0) is 14.5. The SMILES string of the molecule is Cc1ccccc1SCC(N)Cc1cc(Cl)ccc1F. The van der Waals surface area contributed by atoms with E-state index in [-0.39, 0.29) is 11.9 Å². The first-order valence-electron chi connectivity index (χ1n) is 6.44. The van der Waals surface area contributed by atoms with E-state index >= 15 is 0 Å². The van der Waals surface area contributed by atoms with E-state index in [0.717, 1.165) is 5.75 Å². The second-order valence-electron chi connectivity index (χ2n) is 4.78. The lowest BCUT2D eigenvalue weighted by Crippen LogP contribution is -2.26. The lowest BCUT2D eigenvalue weighted by atomic mass is 10.1. The molecule has 20 heavy (non-hydrogen) atoms. The van der Waals surface area contributed by atoms with Crippen LogP contribution in [-0.2, 0) is 6.42 Å². The predicted octanol–water partition coefficient (Wildman–Crippen LogP) is 4.45. The van der Waals surface area contributed by atoms with Gasteiger partial charge in [0.25, 0.3) is 0 Å². The summed E-state index contributed by atoms with van der Waals surface area (Å²) >= 11 is 7.59. The van der Waals surface area contributed by atoms with Gasteiger partial charge in [0.05, 0.1) is 0 Å². The van der Waals surface area contributed by atoms with Crippen molar-refractivity contribution in [3.8, 4) is 0 Å². The second-order valence-corrected chi connectivity index (χ2v) is 6.27. The first-order chi connectivity index (χ1) is 9.56. The monoisotopic (exact) mass is 309 g/mol. The van der Waals surface area contributed by atoms with Crippen LogP contribution < -0.4 is 5.73 Å². The summed E-state index contributed by atoms with van der Waals surface area (Å²) < 4.78 is 13.6. The summed E-state index contributed by atoms with van der Waals surface area (Å²) in [5.41, 5.74) is 7.91. The summed E-state index contributed by atoms with van der Waals surface area (Å²) in [4.78, 5) is 1.22. The van der Waals surface area contributed by atoms with Crippen molar-refractivity contribution in [2.24, 2.45) is 5.73 Å². The van der Waals surface area contributed by atoms with Crippen LogP contribution in [0.15, 0.2) is 47.4 Å². The predicted molar refractivity (Wildman–Crippen MR) is 85.0 cm³/mol. The van der Waals surface area contributed by atoms with E-state index in [9.17, 15) is 4.39 Å². The van der Waals surface area contributed by atoms with Crippen LogP contribution in [0.5, 0.6) is 0 Å². The Hall–Kier alpha value is -1.03. The zero-order valence-corrected chi connectivity index (χ0v) is 12.8. The Morgan fingerprint density at radius 1 is 1.25 bits per heavy atom. The zero-order valence-electron chi connectivity index (χ0n) is 11.3. The van der Waals surface area contributed by atoms with Gasteiger partial charge in [-0.25, -0.2) is 4.39 Å². The number of hydrogen-bond acceptors (Lipinski definition) is 2. The van der Waals surface area contributed by atoms with Gasteiger partial charge in [0.15, 0.2) is 0 Å². The fourth-order valence-electron chi connectivity index (χ4n) is 1.96. The normalized spacial score (nSPS) is 12.4. The van der Waals surface area contributed by atoms with Gasteiger partial charge in [-0.3, -0.25) is 0 Å². The molecule has 2 aromatic rings. The largest absolute Gasteiger partial charge is 0.327 e. The smallest absolute Gasteiger partial charge is 0.126 e. The first-order valence-corrected chi connectivity index (χ1v) is 7.80. The molecular formula is C16H17ClFNS. The molecule has 106 valence electrons. The summed E-state index contributed by atoms with van der Waals surface area (Å²) in [6, 6.07) is 12.7. The van der Waals surface area contributed by atoms with Crippen LogP contribution in [0.2, 0.25) is 5.02 Å². The summed E-state index contributed by atoms with van der Waals surface area (Å²) in [7, 11) is 0. The molecule has 0 radical (unpaired) electrons. The van der Waals surface area contributed by atoms with E-state index in [2.05, 4.69) is 19.1 Å². The van der Waals surface area contributed by atoms with Crippen molar-refractivity contribution < 1.29 is 4.39 Å². The minimum absolute atomic E-state index is 0.104. The van der Waals surface area contributed by atoms with Crippen LogP contribution in [0.3, 0.4) is 0 Å². The molecule has 0 aromatic heterocycles. The molecular weight excluding hydrogens is 293 g/mol. The van der Waals surface area contributed by atoms with Crippen molar-refractivity contribution in [3.63, 3.8) is 0 Å². The quantitative estimate of drug-likeness (QED) is 0.826. The van der Waals surface area contributed by atoms with Crippen LogP contribution in [-0.4, -0.2) is 11.8 Å². The molecule has 0 aliphatic heterocycles. The molecule has 0 amide bonds. The average Bonchev–Trinajstić information content (AvgIpc) is 2.42. The minimum atomic E-state index is -0.245. The Bertz CT molecular complexity index is 588. The third kappa shape index (κ3) is 4.23. The Kier molecular flexibility index (Phi) is 5.46. The minimum Gasteiger partial charge on any atom is -0.327 e. The third-order valence-corrected chi connectivity index (χ3v) is 4.64. The van der Waals surface area contributed by atoms with Crippen molar-refractivity contribution in [1.29, 1.82) is 0 Å². The average molecular weight is 310 g/mol. The highest BCUT2D eigenvalue weighted by Crippen LogP contribution is 2.23. The maximum atomic E-state index is 13.6. The molecule has 1 nitrogen and oxygen atoms in total. The van der Waals surface area contributed by atoms with Gasteiger partial charge in [-0.2, -0.15) is 0 Å². The van der Waals surface area contributed by atoms with Crippen LogP contribution in [0.25, 0.3) is 0 Å². The highest BCUT2D eigenvalue weighted by atomic mass is 35.5. The molecule has 0 saturated heterocycles. The second kappa shape index (κ2) is 7.11. The molecule has 0 aliphatic carbocycles. The Labute approximate surface area is 128 Å². The molecule has 0 fully saturated rings. The van der Waals surface area contributed by atoms with Gasteiger partial charge in [-0.05, 0) is 48.7 Å². The van der Waals surface area contributed by atoms with Crippen LogP contribution in [0, 0.1) is 12.7 Å². The number of hydrogen-bond donors (Lipinski definition) is 1. The van der Waals surface area contributed by atoms with Gasteiger partial charge in [0.1, 0.15) is 5.82 Å². The summed E-state index contributed by atoms with van der Waals surface area (Å²) in [5.74, 6) is 0.502. The van der Waals surface area contributed by atoms with Crippen molar-refractivity contribution in [2.75, 3.05) is 5.75 Å².